The lowest BCUT2D eigenvalue weighted by Crippen LogP contribution is -2.07. The topological polar surface area (TPSA) is 54.4 Å². The molecule has 1 aliphatic rings. The third-order valence-electron chi connectivity index (χ3n) is 2.59. The van der Waals surface area contributed by atoms with E-state index in [-0.39, 0.29) is 4.90 Å². The van der Waals surface area contributed by atoms with Crippen molar-refractivity contribution in [2.75, 3.05) is 6.26 Å². The standard InChI is InChI=1S/C10H11ClO3S/c1-15(13,14)7-2-3-9(11)8(6-7)10(12)4-5-10/h2-3,6,12H,4-5H2,1H3. The summed E-state index contributed by atoms with van der Waals surface area (Å²) in [6.07, 6.45) is 2.41. The number of sulfone groups is 1. The molecule has 0 spiro atoms. The van der Waals surface area contributed by atoms with Crippen LogP contribution in [0.15, 0.2) is 23.1 Å². The second-order valence-corrected chi connectivity index (χ2v) is 6.37. The van der Waals surface area contributed by atoms with Crippen LogP contribution in [0.25, 0.3) is 0 Å². The van der Waals surface area contributed by atoms with Crippen LogP contribution in [0.1, 0.15) is 18.4 Å². The Morgan fingerprint density at radius 3 is 2.47 bits per heavy atom. The second kappa shape index (κ2) is 3.20. The van der Waals surface area contributed by atoms with Crippen LogP contribution >= 0.6 is 11.6 Å². The van der Waals surface area contributed by atoms with Gasteiger partial charge in [-0.2, -0.15) is 0 Å². The van der Waals surface area contributed by atoms with E-state index in [2.05, 4.69) is 0 Å². The van der Waals surface area contributed by atoms with Gasteiger partial charge in [0.05, 0.1) is 10.5 Å². The lowest BCUT2D eigenvalue weighted by Gasteiger charge is -2.11. The number of halogens is 1. The first-order valence-corrected chi connectivity index (χ1v) is 6.82. The molecular weight excluding hydrogens is 236 g/mol. The first-order chi connectivity index (χ1) is 6.83. The van der Waals surface area contributed by atoms with Crippen molar-refractivity contribution in [1.29, 1.82) is 0 Å². The molecule has 5 heteroatoms. The Kier molecular flexibility index (Phi) is 2.33. The summed E-state index contributed by atoms with van der Waals surface area (Å²) in [7, 11) is -3.24. The Balaban J connectivity index is 2.56. The van der Waals surface area contributed by atoms with Crippen LogP contribution in [0.3, 0.4) is 0 Å². The highest BCUT2D eigenvalue weighted by Gasteiger charge is 2.43. The summed E-state index contributed by atoms with van der Waals surface area (Å²) in [5, 5.41) is 10.3. The van der Waals surface area contributed by atoms with Gasteiger partial charge < -0.3 is 5.11 Å². The first kappa shape index (κ1) is 10.9. The molecule has 1 saturated carbocycles. The monoisotopic (exact) mass is 246 g/mol. The van der Waals surface area contributed by atoms with Crippen molar-refractivity contribution in [3.05, 3.63) is 28.8 Å². The van der Waals surface area contributed by atoms with Gasteiger partial charge in [0.2, 0.25) is 0 Å². The maximum Gasteiger partial charge on any atom is 0.175 e. The molecule has 0 aliphatic heterocycles. The average molecular weight is 247 g/mol. The van der Waals surface area contributed by atoms with Gasteiger partial charge in [-0.05, 0) is 31.0 Å². The molecule has 3 nitrogen and oxygen atoms in total. The lowest BCUT2D eigenvalue weighted by atomic mass is 10.1. The van der Waals surface area contributed by atoms with Gasteiger partial charge in [0.25, 0.3) is 0 Å². The predicted octanol–water partition coefficient (Wildman–Crippen LogP) is 1.72. The number of aliphatic hydroxyl groups is 1. The first-order valence-electron chi connectivity index (χ1n) is 4.55. The number of rotatable bonds is 2. The van der Waals surface area contributed by atoms with E-state index in [4.69, 9.17) is 11.6 Å². The predicted molar refractivity (Wildman–Crippen MR) is 57.7 cm³/mol. The summed E-state index contributed by atoms with van der Waals surface area (Å²) in [5.41, 5.74) is -0.385. The third kappa shape index (κ3) is 2.02. The molecule has 0 saturated heterocycles. The van der Waals surface area contributed by atoms with Crippen molar-refractivity contribution in [2.24, 2.45) is 0 Å². The highest BCUT2D eigenvalue weighted by atomic mass is 35.5. The molecule has 1 fully saturated rings. The van der Waals surface area contributed by atoms with Gasteiger partial charge in [-0.3, -0.25) is 0 Å². The van der Waals surface area contributed by atoms with Crippen LogP contribution < -0.4 is 0 Å². The fourth-order valence-electron chi connectivity index (χ4n) is 1.48. The summed E-state index contributed by atoms with van der Waals surface area (Å²) in [4.78, 5) is 0.197. The average Bonchev–Trinajstić information content (AvgIpc) is 2.83. The Labute approximate surface area is 93.6 Å². The molecule has 0 heterocycles. The second-order valence-electron chi connectivity index (χ2n) is 3.95. The van der Waals surface area contributed by atoms with Crippen molar-refractivity contribution < 1.29 is 13.5 Å². The van der Waals surface area contributed by atoms with Gasteiger partial charge in [0, 0.05) is 16.8 Å². The molecule has 15 heavy (non-hydrogen) atoms. The molecule has 82 valence electrons. The fraction of sp³-hybridized carbons (Fsp3) is 0.400. The zero-order chi connectivity index (χ0) is 11.3. The smallest absolute Gasteiger partial charge is 0.175 e. The van der Waals surface area contributed by atoms with Crippen LogP contribution in [-0.4, -0.2) is 19.8 Å². The molecule has 0 atom stereocenters. The summed E-state index contributed by atoms with van der Waals surface area (Å²) in [6.45, 7) is 0. The van der Waals surface area contributed by atoms with Gasteiger partial charge in [-0.15, -0.1) is 0 Å². The van der Waals surface area contributed by atoms with Crippen LogP contribution in [0.5, 0.6) is 0 Å². The highest BCUT2D eigenvalue weighted by Crippen LogP contribution is 2.48. The molecule has 0 unspecified atom stereocenters. The summed E-state index contributed by atoms with van der Waals surface area (Å²) < 4.78 is 22.6. The molecule has 0 bridgehead atoms. The quantitative estimate of drug-likeness (QED) is 0.865. The summed E-state index contributed by atoms with van der Waals surface area (Å²) in [5.74, 6) is 0. The van der Waals surface area contributed by atoms with E-state index in [1.807, 2.05) is 0 Å². The maximum absolute atomic E-state index is 11.3. The van der Waals surface area contributed by atoms with E-state index < -0.39 is 15.4 Å². The molecule has 1 aliphatic carbocycles. The van der Waals surface area contributed by atoms with Crippen LogP contribution in [0.4, 0.5) is 0 Å². The number of hydrogen-bond acceptors (Lipinski definition) is 3. The summed E-state index contributed by atoms with van der Waals surface area (Å²) >= 11 is 5.92. The number of benzene rings is 1. The number of hydrogen-bond donors (Lipinski definition) is 1. The zero-order valence-electron chi connectivity index (χ0n) is 8.20. The molecule has 2 rings (SSSR count). The maximum atomic E-state index is 11.3. The Morgan fingerprint density at radius 1 is 1.40 bits per heavy atom. The Hall–Kier alpha value is -0.580. The zero-order valence-corrected chi connectivity index (χ0v) is 9.77. The van der Waals surface area contributed by atoms with Crippen molar-refractivity contribution in [2.45, 2.75) is 23.3 Å². The minimum Gasteiger partial charge on any atom is -0.385 e. The molecule has 1 N–H and O–H groups in total. The minimum atomic E-state index is -3.24. The minimum absolute atomic E-state index is 0.197. The molecule has 1 aromatic rings. The van der Waals surface area contributed by atoms with Crippen molar-refractivity contribution in [1.82, 2.24) is 0 Å². The van der Waals surface area contributed by atoms with Crippen LogP contribution in [0, 0.1) is 0 Å². The summed E-state index contributed by atoms with van der Waals surface area (Å²) in [6, 6.07) is 4.43. The van der Waals surface area contributed by atoms with Crippen molar-refractivity contribution in [3.8, 4) is 0 Å². The Morgan fingerprint density at radius 2 is 2.00 bits per heavy atom. The fourth-order valence-corrected chi connectivity index (χ4v) is 2.42. The van der Waals surface area contributed by atoms with Crippen molar-refractivity contribution in [3.63, 3.8) is 0 Å². The van der Waals surface area contributed by atoms with E-state index in [1.165, 1.54) is 18.2 Å². The van der Waals surface area contributed by atoms with Gasteiger partial charge >= 0.3 is 0 Å². The Bertz CT molecular complexity index is 503. The van der Waals surface area contributed by atoms with E-state index >= 15 is 0 Å². The molecular formula is C10H11ClO3S. The van der Waals surface area contributed by atoms with Gasteiger partial charge in [0.1, 0.15) is 0 Å². The van der Waals surface area contributed by atoms with E-state index in [1.54, 1.807) is 0 Å². The van der Waals surface area contributed by atoms with Gasteiger partial charge in [-0.1, -0.05) is 11.6 Å². The van der Waals surface area contributed by atoms with E-state index in [0.29, 0.717) is 23.4 Å². The van der Waals surface area contributed by atoms with E-state index in [0.717, 1.165) is 6.26 Å². The van der Waals surface area contributed by atoms with E-state index in [9.17, 15) is 13.5 Å². The molecule has 0 amide bonds. The molecule has 1 aromatic carbocycles. The SMILES string of the molecule is CS(=O)(=O)c1ccc(Cl)c(C2(O)CC2)c1. The normalized spacial score (nSPS) is 18.9. The lowest BCUT2D eigenvalue weighted by molar-refractivity contribution is 0.151. The largest absolute Gasteiger partial charge is 0.385 e. The van der Waals surface area contributed by atoms with Gasteiger partial charge in [0.15, 0.2) is 9.84 Å². The third-order valence-corrected chi connectivity index (χ3v) is 4.03. The highest BCUT2D eigenvalue weighted by molar-refractivity contribution is 7.90. The molecule has 0 aromatic heterocycles. The van der Waals surface area contributed by atoms with Crippen LogP contribution in [-0.2, 0) is 15.4 Å². The van der Waals surface area contributed by atoms with Gasteiger partial charge in [-0.25, -0.2) is 8.42 Å². The van der Waals surface area contributed by atoms with Crippen LogP contribution in [0.2, 0.25) is 5.02 Å². The molecule has 0 radical (unpaired) electrons. The van der Waals surface area contributed by atoms with Crippen molar-refractivity contribution >= 4 is 21.4 Å².